The van der Waals surface area contributed by atoms with Crippen molar-refractivity contribution in [3.05, 3.63) is 53.6 Å². The molecule has 1 N–H and O–H groups in total. The van der Waals surface area contributed by atoms with Gasteiger partial charge in [-0.3, -0.25) is 9.69 Å². The molecule has 1 heterocycles. The molecule has 2 aromatic carbocycles. The number of morpholine rings is 1. The molecular formula is C27H38N2O5. The lowest BCUT2D eigenvalue weighted by Crippen LogP contribution is -2.45. The van der Waals surface area contributed by atoms with E-state index in [0.717, 1.165) is 18.7 Å². The van der Waals surface area contributed by atoms with Gasteiger partial charge in [-0.2, -0.15) is 0 Å². The van der Waals surface area contributed by atoms with Crippen LogP contribution in [0.15, 0.2) is 42.5 Å². The SMILES string of the molecule is COc1ccc([C@H](CNC(=O)[C@@H](C)Oc2ccc(C(C)(C)C)cc2)N2CCOCC2)cc1OC. The van der Waals surface area contributed by atoms with E-state index in [1.165, 1.54) is 5.56 Å². The first-order chi connectivity index (χ1) is 16.2. The molecule has 1 saturated heterocycles. The third kappa shape index (κ3) is 6.64. The lowest BCUT2D eigenvalue weighted by Gasteiger charge is -2.35. The van der Waals surface area contributed by atoms with Crippen molar-refractivity contribution >= 4 is 5.91 Å². The number of benzene rings is 2. The van der Waals surface area contributed by atoms with Crippen LogP contribution in [-0.4, -0.2) is 64.0 Å². The molecule has 0 bridgehead atoms. The minimum Gasteiger partial charge on any atom is -0.493 e. The summed E-state index contributed by atoms with van der Waals surface area (Å²) in [5.41, 5.74) is 2.34. The Morgan fingerprint density at radius 2 is 1.68 bits per heavy atom. The van der Waals surface area contributed by atoms with Gasteiger partial charge in [-0.15, -0.1) is 0 Å². The highest BCUT2D eigenvalue weighted by atomic mass is 16.5. The number of carbonyl (C=O) groups excluding carboxylic acids is 1. The van der Waals surface area contributed by atoms with Crippen molar-refractivity contribution in [3.63, 3.8) is 0 Å². The number of amides is 1. The maximum Gasteiger partial charge on any atom is 0.260 e. The summed E-state index contributed by atoms with van der Waals surface area (Å²) in [6.07, 6.45) is -0.615. The van der Waals surface area contributed by atoms with Gasteiger partial charge in [0.25, 0.3) is 5.91 Å². The second-order valence-electron chi connectivity index (χ2n) is 9.56. The van der Waals surface area contributed by atoms with Gasteiger partial charge in [-0.1, -0.05) is 39.0 Å². The second-order valence-corrected chi connectivity index (χ2v) is 9.56. The maximum absolute atomic E-state index is 12.9. The van der Waals surface area contributed by atoms with Crippen molar-refractivity contribution in [2.24, 2.45) is 0 Å². The summed E-state index contributed by atoms with van der Waals surface area (Å²) in [5, 5.41) is 3.08. The molecule has 0 radical (unpaired) electrons. The van der Waals surface area contributed by atoms with Gasteiger partial charge in [0.15, 0.2) is 17.6 Å². The van der Waals surface area contributed by atoms with Crippen molar-refractivity contribution in [2.75, 3.05) is 47.1 Å². The molecule has 2 atom stereocenters. The summed E-state index contributed by atoms with van der Waals surface area (Å²) < 4.78 is 22.3. The Bertz CT molecular complexity index is 933. The number of ether oxygens (including phenoxy) is 4. The molecule has 0 aromatic heterocycles. The molecule has 1 aliphatic rings. The van der Waals surface area contributed by atoms with Crippen LogP contribution >= 0.6 is 0 Å². The molecule has 1 amide bonds. The fourth-order valence-corrected chi connectivity index (χ4v) is 4.04. The number of hydrogen-bond donors (Lipinski definition) is 1. The summed E-state index contributed by atoms with van der Waals surface area (Å²) in [6.45, 7) is 11.6. The van der Waals surface area contributed by atoms with Crippen molar-refractivity contribution < 1.29 is 23.7 Å². The van der Waals surface area contributed by atoms with Gasteiger partial charge >= 0.3 is 0 Å². The topological polar surface area (TPSA) is 69.3 Å². The Balaban J connectivity index is 1.67. The molecule has 2 aromatic rings. The van der Waals surface area contributed by atoms with Gasteiger partial charge in [0, 0.05) is 19.6 Å². The fraction of sp³-hybridized carbons (Fsp3) is 0.519. The molecule has 0 spiro atoms. The Hall–Kier alpha value is -2.77. The minimum atomic E-state index is -0.615. The predicted octanol–water partition coefficient (Wildman–Crippen LogP) is 3.96. The highest BCUT2D eigenvalue weighted by Crippen LogP contribution is 2.32. The summed E-state index contributed by atoms with van der Waals surface area (Å²) in [4.78, 5) is 15.2. The molecule has 3 rings (SSSR count). The zero-order chi connectivity index (χ0) is 24.7. The van der Waals surface area contributed by atoms with Crippen LogP contribution in [0, 0.1) is 0 Å². The Morgan fingerprint density at radius 1 is 1.03 bits per heavy atom. The van der Waals surface area contributed by atoms with Gasteiger partial charge in [0.2, 0.25) is 0 Å². The fourth-order valence-electron chi connectivity index (χ4n) is 4.04. The van der Waals surface area contributed by atoms with Crippen LogP contribution in [-0.2, 0) is 14.9 Å². The van der Waals surface area contributed by atoms with Gasteiger partial charge in [-0.05, 0) is 47.7 Å². The Kier molecular flexibility index (Phi) is 8.80. The number of hydrogen-bond acceptors (Lipinski definition) is 6. The quantitative estimate of drug-likeness (QED) is 0.598. The van der Waals surface area contributed by atoms with Crippen LogP contribution in [0.25, 0.3) is 0 Å². The minimum absolute atomic E-state index is 0.0223. The molecule has 0 saturated carbocycles. The van der Waals surface area contributed by atoms with Crippen molar-refractivity contribution in [3.8, 4) is 17.2 Å². The Labute approximate surface area is 203 Å². The number of methoxy groups -OCH3 is 2. The molecule has 1 fully saturated rings. The number of rotatable bonds is 9. The zero-order valence-electron chi connectivity index (χ0n) is 21.2. The van der Waals surface area contributed by atoms with Crippen LogP contribution in [0.4, 0.5) is 0 Å². The van der Waals surface area contributed by atoms with E-state index >= 15 is 0 Å². The maximum atomic E-state index is 12.9. The van der Waals surface area contributed by atoms with Crippen LogP contribution in [0.1, 0.15) is 44.9 Å². The highest BCUT2D eigenvalue weighted by molar-refractivity contribution is 5.80. The molecule has 0 aliphatic carbocycles. The van der Waals surface area contributed by atoms with Gasteiger partial charge in [0.1, 0.15) is 5.75 Å². The van der Waals surface area contributed by atoms with E-state index in [2.05, 4.69) is 31.0 Å². The molecular weight excluding hydrogens is 432 g/mol. The van der Waals surface area contributed by atoms with Gasteiger partial charge < -0.3 is 24.3 Å². The number of nitrogens with zero attached hydrogens (tertiary/aromatic N) is 1. The van der Waals surface area contributed by atoms with Crippen molar-refractivity contribution in [2.45, 2.75) is 45.3 Å². The van der Waals surface area contributed by atoms with Crippen molar-refractivity contribution in [1.29, 1.82) is 0 Å². The monoisotopic (exact) mass is 470 g/mol. The van der Waals surface area contributed by atoms with E-state index in [9.17, 15) is 4.79 Å². The molecule has 34 heavy (non-hydrogen) atoms. The third-order valence-electron chi connectivity index (χ3n) is 6.15. The smallest absolute Gasteiger partial charge is 0.260 e. The largest absolute Gasteiger partial charge is 0.493 e. The predicted molar refractivity (Wildman–Crippen MR) is 133 cm³/mol. The first kappa shape index (κ1) is 25.8. The lowest BCUT2D eigenvalue weighted by molar-refractivity contribution is -0.127. The molecule has 7 nitrogen and oxygen atoms in total. The standard InChI is InChI=1S/C27H38N2O5/c1-19(34-22-10-8-21(9-11-22)27(2,3)4)26(30)28-18-23(29-13-15-33-16-14-29)20-7-12-24(31-5)25(17-20)32-6/h7-12,17,19,23H,13-16,18H2,1-6H3,(H,28,30)/t19-,23+/m1/s1. The Morgan fingerprint density at radius 3 is 2.26 bits per heavy atom. The lowest BCUT2D eigenvalue weighted by atomic mass is 9.87. The first-order valence-corrected chi connectivity index (χ1v) is 11.8. The van der Waals surface area contributed by atoms with Gasteiger partial charge in [0.05, 0.1) is 33.5 Å². The molecule has 7 heteroatoms. The van der Waals surface area contributed by atoms with E-state index in [1.807, 2.05) is 42.5 Å². The van der Waals surface area contributed by atoms with E-state index in [-0.39, 0.29) is 17.4 Å². The average molecular weight is 471 g/mol. The second kappa shape index (κ2) is 11.6. The van der Waals surface area contributed by atoms with Gasteiger partial charge in [-0.25, -0.2) is 0 Å². The van der Waals surface area contributed by atoms with Crippen LogP contribution in [0.2, 0.25) is 0 Å². The third-order valence-corrected chi connectivity index (χ3v) is 6.15. The van der Waals surface area contributed by atoms with E-state index in [4.69, 9.17) is 18.9 Å². The van der Waals surface area contributed by atoms with E-state index in [1.54, 1.807) is 21.1 Å². The van der Waals surface area contributed by atoms with Crippen molar-refractivity contribution in [1.82, 2.24) is 10.2 Å². The zero-order valence-corrected chi connectivity index (χ0v) is 21.2. The number of carbonyl (C=O) groups is 1. The van der Waals surface area contributed by atoms with Crippen LogP contribution in [0.3, 0.4) is 0 Å². The first-order valence-electron chi connectivity index (χ1n) is 11.8. The highest BCUT2D eigenvalue weighted by Gasteiger charge is 2.26. The molecule has 0 unspecified atom stereocenters. The van der Waals surface area contributed by atoms with Crippen LogP contribution < -0.4 is 19.5 Å². The van der Waals surface area contributed by atoms with E-state index in [0.29, 0.717) is 37.0 Å². The summed E-state index contributed by atoms with van der Waals surface area (Å²) in [6, 6.07) is 13.8. The number of nitrogens with one attached hydrogen (secondary N) is 1. The summed E-state index contributed by atoms with van der Waals surface area (Å²) >= 11 is 0. The molecule has 1 aliphatic heterocycles. The van der Waals surface area contributed by atoms with E-state index < -0.39 is 6.10 Å². The summed E-state index contributed by atoms with van der Waals surface area (Å²) in [5.74, 6) is 1.87. The summed E-state index contributed by atoms with van der Waals surface area (Å²) in [7, 11) is 3.25. The average Bonchev–Trinajstić information content (AvgIpc) is 2.84. The molecule has 186 valence electrons. The van der Waals surface area contributed by atoms with Crippen LogP contribution in [0.5, 0.6) is 17.2 Å². The normalized spacial score (nSPS) is 16.4.